The molecule has 5 heteroatoms. The van der Waals surface area contributed by atoms with Gasteiger partial charge in [-0.15, -0.1) is 0 Å². The lowest BCUT2D eigenvalue weighted by Gasteiger charge is -2.28. The molecule has 2 heterocycles. The predicted octanol–water partition coefficient (Wildman–Crippen LogP) is 1.95. The van der Waals surface area contributed by atoms with Gasteiger partial charge in [0.1, 0.15) is 0 Å². The zero-order chi connectivity index (χ0) is 14.7. The Morgan fingerprint density at radius 3 is 3.10 bits per heavy atom. The van der Waals surface area contributed by atoms with Crippen molar-refractivity contribution in [3.63, 3.8) is 0 Å². The van der Waals surface area contributed by atoms with Crippen LogP contribution in [0.5, 0.6) is 11.5 Å². The molecule has 1 atom stereocenters. The number of para-hydroxylation sites is 1. The van der Waals surface area contributed by atoms with Crippen LogP contribution in [-0.2, 0) is 11.3 Å². The van der Waals surface area contributed by atoms with Crippen molar-refractivity contribution in [2.45, 2.75) is 44.7 Å². The van der Waals surface area contributed by atoms with Crippen molar-refractivity contribution in [2.75, 3.05) is 13.3 Å². The van der Waals surface area contributed by atoms with Gasteiger partial charge >= 0.3 is 0 Å². The quantitative estimate of drug-likeness (QED) is 0.870. The number of hydrogen-bond acceptors (Lipinski definition) is 4. The molecule has 2 N–H and O–H groups in total. The molecular formula is C16H22N2O3. The third-order valence-electron chi connectivity index (χ3n) is 4.27. The topological polar surface area (TPSA) is 59.6 Å². The van der Waals surface area contributed by atoms with Gasteiger partial charge < -0.3 is 20.1 Å². The molecule has 0 aromatic heterocycles. The minimum Gasteiger partial charge on any atom is -0.454 e. The zero-order valence-corrected chi connectivity index (χ0v) is 12.4. The zero-order valence-electron chi connectivity index (χ0n) is 12.4. The fraction of sp³-hybridized carbons (Fsp3) is 0.562. The van der Waals surface area contributed by atoms with Gasteiger partial charge in [-0.2, -0.15) is 0 Å². The van der Waals surface area contributed by atoms with Crippen molar-refractivity contribution in [3.8, 4) is 11.5 Å². The molecule has 1 unspecified atom stereocenters. The summed E-state index contributed by atoms with van der Waals surface area (Å²) in [6, 6.07) is 5.76. The highest BCUT2D eigenvalue weighted by Gasteiger charge is 2.39. The molecule has 1 saturated heterocycles. The number of carbonyl (C=O) groups is 1. The second-order valence-electron chi connectivity index (χ2n) is 5.70. The lowest BCUT2D eigenvalue weighted by Crippen LogP contribution is -2.53. The van der Waals surface area contributed by atoms with E-state index < -0.39 is 0 Å². The molecule has 1 aromatic carbocycles. The third kappa shape index (κ3) is 2.70. The highest BCUT2D eigenvalue weighted by Crippen LogP contribution is 2.35. The number of fused-ring (bicyclic) bond motifs is 1. The van der Waals surface area contributed by atoms with E-state index in [1.165, 1.54) is 0 Å². The van der Waals surface area contributed by atoms with Gasteiger partial charge in [0.05, 0.1) is 5.54 Å². The first kappa shape index (κ1) is 14.2. The minimum atomic E-state index is -0.385. The van der Waals surface area contributed by atoms with E-state index in [1.54, 1.807) is 0 Å². The van der Waals surface area contributed by atoms with Crippen molar-refractivity contribution in [1.82, 2.24) is 10.6 Å². The average Bonchev–Trinajstić information content (AvgIpc) is 3.14. The summed E-state index contributed by atoms with van der Waals surface area (Å²) >= 11 is 0. The van der Waals surface area contributed by atoms with Crippen molar-refractivity contribution >= 4 is 5.91 Å². The van der Waals surface area contributed by atoms with Gasteiger partial charge in [0.2, 0.25) is 12.7 Å². The van der Waals surface area contributed by atoms with Gasteiger partial charge in [-0.1, -0.05) is 25.5 Å². The Balaban J connectivity index is 1.67. The summed E-state index contributed by atoms with van der Waals surface area (Å²) in [5, 5.41) is 6.45. The molecule has 1 fully saturated rings. The van der Waals surface area contributed by atoms with Crippen LogP contribution in [0.2, 0.25) is 0 Å². The number of benzene rings is 1. The fourth-order valence-electron chi connectivity index (χ4n) is 3.23. The average molecular weight is 290 g/mol. The third-order valence-corrected chi connectivity index (χ3v) is 4.27. The van der Waals surface area contributed by atoms with E-state index in [-0.39, 0.29) is 18.2 Å². The van der Waals surface area contributed by atoms with E-state index in [2.05, 4.69) is 17.6 Å². The van der Waals surface area contributed by atoms with E-state index in [0.29, 0.717) is 6.54 Å². The van der Waals surface area contributed by atoms with E-state index in [0.717, 1.165) is 49.3 Å². The number of nitrogens with one attached hydrogen (secondary N) is 2. The van der Waals surface area contributed by atoms with Gasteiger partial charge in [0, 0.05) is 12.1 Å². The highest BCUT2D eigenvalue weighted by molar-refractivity contribution is 5.86. The Kier molecular flexibility index (Phi) is 4.01. The molecule has 0 aliphatic carbocycles. The Labute approximate surface area is 125 Å². The van der Waals surface area contributed by atoms with Crippen molar-refractivity contribution < 1.29 is 14.3 Å². The molecule has 5 nitrogen and oxygen atoms in total. The molecule has 1 aromatic rings. The second-order valence-corrected chi connectivity index (χ2v) is 5.70. The molecule has 2 aliphatic rings. The van der Waals surface area contributed by atoms with Gasteiger partial charge in [-0.05, 0) is 31.9 Å². The van der Waals surface area contributed by atoms with Gasteiger partial charge in [-0.3, -0.25) is 4.79 Å². The smallest absolute Gasteiger partial charge is 0.240 e. The molecule has 0 spiro atoms. The Hall–Kier alpha value is -1.75. The van der Waals surface area contributed by atoms with Crippen LogP contribution in [0.1, 0.15) is 38.2 Å². The summed E-state index contributed by atoms with van der Waals surface area (Å²) in [4.78, 5) is 12.6. The second kappa shape index (κ2) is 5.93. The number of amides is 1. The fourth-order valence-corrected chi connectivity index (χ4v) is 3.23. The Morgan fingerprint density at radius 2 is 2.33 bits per heavy atom. The van der Waals surface area contributed by atoms with Crippen LogP contribution >= 0.6 is 0 Å². The molecule has 0 radical (unpaired) electrons. The van der Waals surface area contributed by atoms with E-state index in [4.69, 9.17) is 9.47 Å². The van der Waals surface area contributed by atoms with Crippen LogP contribution in [0.3, 0.4) is 0 Å². The van der Waals surface area contributed by atoms with Crippen molar-refractivity contribution in [3.05, 3.63) is 23.8 Å². The Bertz CT molecular complexity index is 524. The van der Waals surface area contributed by atoms with Crippen LogP contribution in [-0.4, -0.2) is 24.8 Å². The number of hydrogen-bond donors (Lipinski definition) is 2. The summed E-state index contributed by atoms with van der Waals surface area (Å²) < 4.78 is 10.8. The summed E-state index contributed by atoms with van der Waals surface area (Å²) in [5.41, 5.74) is 0.576. The summed E-state index contributed by atoms with van der Waals surface area (Å²) in [5.74, 6) is 1.60. The highest BCUT2D eigenvalue weighted by atomic mass is 16.7. The van der Waals surface area contributed by atoms with Crippen LogP contribution in [0.4, 0.5) is 0 Å². The lowest BCUT2D eigenvalue weighted by atomic mass is 9.91. The maximum Gasteiger partial charge on any atom is 0.240 e. The molecule has 0 bridgehead atoms. The number of ether oxygens (including phenoxy) is 2. The molecule has 1 amide bonds. The van der Waals surface area contributed by atoms with Crippen LogP contribution in [0, 0.1) is 0 Å². The number of carbonyl (C=O) groups excluding carboxylic acids is 1. The molecule has 114 valence electrons. The maximum absolute atomic E-state index is 12.6. The van der Waals surface area contributed by atoms with E-state index in [9.17, 15) is 4.79 Å². The van der Waals surface area contributed by atoms with E-state index >= 15 is 0 Å². The van der Waals surface area contributed by atoms with Gasteiger partial charge in [-0.25, -0.2) is 0 Å². The minimum absolute atomic E-state index is 0.0957. The first-order chi connectivity index (χ1) is 10.2. The van der Waals surface area contributed by atoms with Gasteiger partial charge in [0.15, 0.2) is 11.5 Å². The number of rotatable bonds is 5. The predicted molar refractivity (Wildman–Crippen MR) is 79.3 cm³/mol. The summed E-state index contributed by atoms with van der Waals surface area (Å²) in [7, 11) is 0. The summed E-state index contributed by atoms with van der Waals surface area (Å²) in [6.45, 7) is 3.76. The first-order valence-corrected chi connectivity index (χ1v) is 7.66. The standard InChI is InChI=1S/C16H22N2O3/c1-2-7-16(8-4-9-18-16)15(19)17-10-12-5-3-6-13-14(12)21-11-20-13/h3,5-6,18H,2,4,7-11H2,1H3,(H,17,19). The molecular weight excluding hydrogens is 268 g/mol. The monoisotopic (exact) mass is 290 g/mol. The molecule has 3 rings (SSSR count). The van der Waals surface area contributed by atoms with Crippen LogP contribution in [0.15, 0.2) is 18.2 Å². The SMILES string of the molecule is CCCC1(C(=O)NCc2cccc3c2OCO3)CCCN1. The van der Waals surface area contributed by atoms with Crippen molar-refractivity contribution in [2.24, 2.45) is 0 Å². The van der Waals surface area contributed by atoms with Crippen LogP contribution in [0.25, 0.3) is 0 Å². The Morgan fingerprint density at radius 1 is 1.43 bits per heavy atom. The van der Waals surface area contributed by atoms with Crippen LogP contribution < -0.4 is 20.1 Å². The van der Waals surface area contributed by atoms with Gasteiger partial charge in [0.25, 0.3) is 0 Å². The largest absolute Gasteiger partial charge is 0.454 e. The molecule has 0 saturated carbocycles. The van der Waals surface area contributed by atoms with Crippen molar-refractivity contribution in [1.29, 1.82) is 0 Å². The first-order valence-electron chi connectivity index (χ1n) is 7.66. The summed E-state index contributed by atoms with van der Waals surface area (Å²) in [6.07, 6.45) is 3.85. The maximum atomic E-state index is 12.6. The lowest BCUT2D eigenvalue weighted by molar-refractivity contribution is -0.127. The molecule has 2 aliphatic heterocycles. The molecule has 21 heavy (non-hydrogen) atoms. The normalized spacial score (nSPS) is 23.3. The van der Waals surface area contributed by atoms with E-state index in [1.807, 2.05) is 18.2 Å².